The third kappa shape index (κ3) is 2.88. The van der Waals surface area contributed by atoms with Crippen LogP contribution in [0.25, 0.3) is 0 Å². The highest BCUT2D eigenvalue weighted by molar-refractivity contribution is 5.55. The van der Waals surface area contributed by atoms with E-state index in [0.29, 0.717) is 11.5 Å². The van der Waals surface area contributed by atoms with Crippen LogP contribution in [0.2, 0.25) is 0 Å². The van der Waals surface area contributed by atoms with Gasteiger partial charge in [0.25, 0.3) is 0 Å². The van der Waals surface area contributed by atoms with Crippen LogP contribution in [-0.2, 0) is 0 Å². The van der Waals surface area contributed by atoms with Crippen LogP contribution in [0, 0.1) is 5.41 Å². The van der Waals surface area contributed by atoms with Gasteiger partial charge in [-0.15, -0.1) is 0 Å². The van der Waals surface area contributed by atoms with Crippen molar-refractivity contribution in [2.24, 2.45) is 5.41 Å². The lowest BCUT2D eigenvalue weighted by Crippen LogP contribution is -2.29. The van der Waals surface area contributed by atoms with Crippen LogP contribution in [0.15, 0.2) is 24.3 Å². The standard InChI is InChI=1S/C17H26N2/c1-14(17(2)10-11-17)18-15-6-8-16(9-7-15)19-12-4-3-5-13-19/h6-9,14,18H,3-5,10-13H2,1-2H3. The SMILES string of the molecule is CC(Nc1ccc(N2CCCCC2)cc1)C1(C)CC1. The average Bonchev–Trinajstić information content (AvgIpc) is 3.20. The normalized spacial score (nSPS) is 22.9. The van der Waals surface area contributed by atoms with Gasteiger partial charge < -0.3 is 10.2 Å². The number of hydrogen-bond donors (Lipinski definition) is 1. The Bertz CT molecular complexity index is 413. The van der Waals surface area contributed by atoms with Crippen molar-refractivity contribution in [2.75, 3.05) is 23.3 Å². The van der Waals surface area contributed by atoms with Crippen LogP contribution in [0.1, 0.15) is 46.0 Å². The van der Waals surface area contributed by atoms with Crippen molar-refractivity contribution in [3.05, 3.63) is 24.3 Å². The number of hydrogen-bond acceptors (Lipinski definition) is 2. The van der Waals surface area contributed by atoms with E-state index in [-0.39, 0.29) is 0 Å². The first kappa shape index (κ1) is 12.8. The maximum absolute atomic E-state index is 3.66. The zero-order valence-corrected chi connectivity index (χ0v) is 12.3. The molecule has 0 bridgehead atoms. The minimum atomic E-state index is 0.533. The van der Waals surface area contributed by atoms with Crippen molar-refractivity contribution < 1.29 is 0 Å². The summed E-state index contributed by atoms with van der Waals surface area (Å²) in [5.74, 6) is 0. The van der Waals surface area contributed by atoms with Gasteiger partial charge >= 0.3 is 0 Å². The average molecular weight is 258 g/mol. The summed E-state index contributed by atoms with van der Waals surface area (Å²) in [5.41, 5.74) is 3.18. The molecule has 3 rings (SSSR count). The van der Waals surface area contributed by atoms with Gasteiger partial charge in [0.15, 0.2) is 0 Å². The fourth-order valence-electron chi connectivity index (χ4n) is 2.97. The van der Waals surface area contributed by atoms with Crippen molar-refractivity contribution in [2.45, 2.75) is 52.0 Å². The zero-order valence-electron chi connectivity index (χ0n) is 12.3. The van der Waals surface area contributed by atoms with Crippen LogP contribution in [-0.4, -0.2) is 19.1 Å². The first-order valence-corrected chi connectivity index (χ1v) is 7.79. The number of benzene rings is 1. The molecule has 1 atom stereocenters. The summed E-state index contributed by atoms with van der Waals surface area (Å²) in [6.07, 6.45) is 6.82. The number of piperidine rings is 1. The molecular weight excluding hydrogens is 232 g/mol. The zero-order chi connectivity index (χ0) is 13.3. The van der Waals surface area contributed by atoms with Crippen LogP contribution in [0.5, 0.6) is 0 Å². The van der Waals surface area contributed by atoms with Gasteiger partial charge in [0, 0.05) is 30.5 Å². The Morgan fingerprint density at radius 1 is 1.05 bits per heavy atom. The van der Waals surface area contributed by atoms with E-state index in [1.165, 1.54) is 56.6 Å². The van der Waals surface area contributed by atoms with Gasteiger partial charge in [0.1, 0.15) is 0 Å². The molecule has 1 saturated heterocycles. The summed E-state index contributed by atoms with van der Waals surface area (Å²) >= 11 is 0. The highest BCUT2D eigenvalue weighted by Crippen LogP contribution is 2.48. The summed E-state index contributed by atoms with van der Waals surface area (Å²) in [5, 5.41) is 3.66. The first-order chi connectivity index (χ1) is 9.17. The lowest BCUT2D eigenvalue weighted by molar-refractivity contribution is 0.493. The topological polar surface area (TPSA) is 15.3 Å². The predicted octanol–water partition coefficient (Wildman–Crippen LogP) is 4.28. The van der Waals surface area contributed by atoms with Gasteiger partial charge in [-0.05, 0) is 68.7 Å². The van der Waals surface area contributed by atoms with Gasteiger partial charge in [-0.1, -0.05) is 6.92 Å². The highest BCUT2D eigenvalue weighted by atomic mass is 15.1. The highest BCUT2D eigenvalue weighted by Gasteiger charge is 2.42. The van der Waals surface area contributed by atoms with Crippen LogP contribution < -0.4 is 10.2 Å². The van der Waals surface area contributed by atoms with Crippen molar-refractivity contribution in [1.82, 2.24) is 0 Å². The molecule has 0 radical (unpaired) electrons. The lowest BCUT2D eigenvalue weighted by atomic mass is 10.0. The van der Waals surface area contributed by atoms with Gasteiger partial charge in [0.05, 0.1) is 0 Å². The van der Waals surface area contributed by atoms with Crippen LogP contribution >= 0.6 is 0 Å². The molecule has 1 aliphatic carbocycles. The number of anilines is 2. The van der Waals surface area contributed by atoms with E-state index < -0.39 is 0 Å². The second-order valence-corrected chi connectivity index (χ2v) is 6.61. The summed E-state index contributed by atoms with van der Waals surface area (Å²) in [6.45, 7) is 7.14. The predicted molar refractivity (Wildman–Crippen MR) is 82.9 cm³/mol. The van der Waals surface area contributed by atoms with E-state index in [1.807, 2.05) is 0 Å². The van der Waals surface area contributed by atoms with Gasteiger partial charge in [0.2, 0.25) is 0 Å². The Morgan fingerprint density at radius 2 is 1.68 bits per heavy atom. The van der Waals surface area contributed by atoms with E-state index in [1.54, 1.807) is 0 Å². The molecular formula is C17H26N2. The van der Waals surface area contributed by atoms with E-state index in [2.05, 4.69) is 48.3 Å². The molecule has 0 amide bonds. The van der Waals surface area contributed by atoms with Gasteiger partial charge in [-0.25, -0.2) is 0 Å². The Balaban J connectivity index is 1.61. The molecule has 0 aromatic heterocycles. The third-order valence-electron chi connectivity index (χ3n) is 5.06. The molecule has 2 nitrogen and oxygen atoms in total. The van der Waals surface area contributed by atoms with E-state index in [9.17, 15) is 0 Å². The van der Waals surface area contributed by atoms with Crippen LogP contribution in [0.4, 0.5) is 11.4 Å². The molecule has 1 N–H and O–H groups in total. The first-order valence-electron chi connectivity index (χ1n) is 7.79. The van der Waals surface area contributed by atoms with Crippen molar-refractivity contribution in [3.8, 4) is 0 Å². The fraction of sp³-hybridized carbons (Fsp3) is 0.647. The largest absolute Gasteiger partial charge is 0.382 e. The van der Waals surface area contributed by atoms with E-state index in [0.717, 1.165) is 0 Å². The molecule has 2 fully saturated rings. The molecule has 1 aliphatic heterocycles. The number of rotatable bonds is 4. The maximum Gasteiger partial charge on any atom is 0.0367 e. The Hall–Kier alpha value is -1.18. The fourth-order valence-corrected chi connectivity index (χ4v) is 2.97. The molecule has 19 heavy (non-hydrogen) atoms. The number of nitrogens with zero attached hydrogens (tertiary/aromatic N) is 1. The Morgan fingerprint density at radius 3 is 2.26 bits per heavy atom. The summed E-state index contributed by atoms with van der Waals surface area (Å²) in [4.78, 5) is 2.51. The number of nitrogens with one attached hydrogen (secondary N) is 1. The minimum Gasteiger partial charge on any atom is -0.382 e. The van der Waals surface area contributed by atoms with Crippen molar-refractivity contribution in [1.29, 1.82) is 0 Å². The minimum absolute atomic E-state index is 0.533. The van der Waals surface area contributed by atoms with Gasteiger partial charge in [-0.3, -0.25) is 0 Å². The smallest absolute Gasteiger partial charge is 0.0367 e. The summed E-state index contributed by atoms with van der Waals surface area (Å²) < 4.78 is 0. The van der Waals surface area contributed by atoms with Crippen molar-refractivity contribution in [3.63, 3.8) is 0 Å². The van der Waals surface area contributed by atoms with E-state index >= 15 is 0 Å². The van der Waals surface area contributed by atoms with Gasteiger partial charge in [-0.2, -0.15) is 0 Å². The van der Waals surface area contributed by atoms with E-state index in [4.69, 9.17) is 0 Å². The Labute approximate surface area is 117 Å². The molecule has 2 heteroatoms. The second-order valence-electron chi connectivity index (χ2n) is 6.61. The second kappa shape index (κ2) is 5.07. The lowest BCUT2D eigenvalue weighted by Gasteiger charge is -2.29. The molecule has 1 aromatic rings. The quantitative estimate of drug-likeness (QED) is 0.867. The van der Waals surface area contributed by atoms with Crippen LogP contribution in [0.3, 0.4) is 0 Å². The summed E-state index contributed by atoms with van der Waals surface area (Å²) in [7, 11) is 0. The Kier molecular flexibility index (Phi) is 3.42. The molecule has 1 saturated carbocycles. The molecule has 2 aliphatic rings. The monoisotopic (exact) mass is 258 g/mol. The molecule has 104 valence electrons. The molecule has 1 heterocycles. The molecule has 0 spiro atoms. The summed E-state index contributed by atoms with van der Waals surface area (Å²) in [6, 6.07) is 9.61. The molecule has 1 aromatic carbocycles. The van der Waals surface area contributed by atoms with Crippen molar-refractivity contribution >= 4 is 11.4 Å². The third-order valence-corrected chi connectivity index (χ3v) is 5.06. The molecule has 1 unspecified atom stereocenters. The maximum atomic E-state index is 3.66.